The van der Waals surface area contributed by atoms with E-state index in [-0.39, 0.29) is 11.8 Å². The molecule has 0 spiro atoms. The van der Waals surface area contributed by atoms with Gasteiger partial charge in [-0.25, -0.2) is 0 Å². The molecule has 0 N–H and O–H groups in total. The molecule has 8 nitrogen and oxygen atoms in total. The summed E-state index contributed by atoms with van der Waals surface area (Å²) in [6.45, 7) is 1.43. The average Bonchev–Trinajstić information content (AvgIpc) is 3.31. The molecule has 2 amide bonds. The zero-order valence-corrected chi connectivity index (χ0v) is 15.6. The monoisotopic (exact) mass is 400 g/mol. The lowest BCUT2D eigenvalue weighted by Crippen LogP contribution is -2.23. The SMILES string of the molecule is O=C1CCCN1c1nnc(SSc2nnc(N3CCCC3=O)s2)s1. The number of aromatic nitrogens is 4. The zero-order valence-electron chi connectivity index (χ0n) is 12.4. The highest BCUT2D eigenvalue weighted by molar-refractivity contribution is 8.77. The smallest absolute Gasteiger partial charge is 0.228 e. The average molecular weight is 401 g/mol. The van der Waals surface area contributed by atoms with Crippen LogP contribution in [0.2, 0.25) is 0 Å². The van der Waals surface area contributed by atoms with Crippen molar-refractivity contribution in [2.75, 3.05) is 22.9 Å². The van der Waals surface area contributed by atoms with Gasteiger partial charge in [-0.1, -0.05) is 22.7 Å². The van der Waals surface area contributed by atoms with E-state index in [0.717, 1.165) is 34.6 Å². The van der Waals surface area contributed by atoms with Crippen LogP contribution in [0, 0.1) is 0 Å². The maximum absolute atomic E-state index is 11.7. The molecule has 24 heavy (non-hydrogen) atoms. The molecule has 4 heterocycles. The first kappa shape index (κ1) is 16.2. The lowest BCUT2D eigenvalue weighted by Gasteiger charge is -2.09. The minimum absolute atomic E-state index is 0.111. The van der Waals surface area contributed by atoms with E-state index >= 15 is 0 Å². The van der Waals surface area contributed by atoms with E-state index < -0.39 is 0 Å². The minimum Gasteiger partial charge on any atom is -0.287 e. The predicted molar refractivity (Wildman–Crippen MR) is 94.7 cm³/mol. The van der Waals surface area contributed by atoms with Gasteiger partial charge in [0.1, 0.15) is 0 Å². The molecular formula is C12H12N6O2S4. The highest BCUT2D eigenvalue weighted by atomic mass is 33.1. The largest absolute Gasteiger partial charge is 0.287 e. The van der Waals surface area contributed by atoms with Crippen LogP contribution in [-0.2, 0) is 9.59 Å². The van der Waals surface area contributed by atoms with Gasteiger partial charge in [-0.15, -0.1) is 20.4 Å². The number of rotatable bonds is 5. The van der Waals surface area contributed by atoms with E-state index in [0.29, 0.717) is 23.1 Å². The third-order valence-corrected chi connectivity index (χ3v) is 8.43. The Labute approximate surface area is 153 Å². The molecular weight excluding hydrogens is 388 g/mol. The maximum atomic E-state index is 11.7. The molecule has 12 heteroatoms. The van der Waals surface area contributed by atoms with Gasteiger partial charge in [0.05, 0.1) is 0 Å². The van der Waals surface area contributed by atoms with Crippen molar-refractivity contribution in [3.8, 4) is 0 Å². The molecule has 2 fully saturated rings. The van der Waals surface area contributed by atoms with Crippen LogP contribution in [0.25, 0.3) is 0 Å². The van der Waals surface area contributed by atoms with E-state index in [9.17, 15) is 9.59 Å². The fourth-order valence-corrected chi connectivity index (χ4v) is 6.57. The second kappa shape index (κ2) is 6.94. The number of hydrogen-bond acceptors (Lipinski definition) is 10. The van der Waals surface area contributed by atoms with Crippen LogP contribution >= 0.6 is 44.3 Å². The van der Waals surface area contributed by atoms with Crippen LogP contribution in [0.5, 0.6) is 0 Å². The van der Waals surface area contributed by atoms with Gasteiger partial charge in [-0.3, -0.25) is 19.4 Å². The molecule has 4 rings (SSSR count). The highest BCUT2D eigenvalue weighted by Gasteiger charge is 2.26. The quantitative estimate of drug-likeness (QED) is 0.558. The molecule has 0 radical (unpaired) electrons. The summed E-state index contributed by atoms with van der Waals surface area (Å²) in [6.07, 6.45) is 2.91. The van der Waals surface area contributed by atoms with Crippen LogP contribution in [0.3, 0.4) is 0 Å². The fraction of sp³-hybridized carbons (Fsp3) is 0.500. The van der Waals surface area contributed by atoms with Crippen molar-refractivity contribution < 1.29 is 9.59 Å². The van der Waals surface area contributed by atoms with Crippen molar-refractivity contribution >= 4 is 66.3 Å². The van der Waals surface area contributed by atoms with Gasteiger partial charge in [0.25, 0.3) is 0 Å². The van der Waals surface area contributed by atoms with Crippen molar-refractivity contribution in [3.05, 3.63) is 0 Å². The standard InChI is InChI=1S/C12H12N6O2S4/c19-7-3-1-5-17(7)9-13-15-11(21-9)23-24-12-16-14-10(22-12)18-6-2-4-8(18)20/h1-6H2. The molecule has 126 valence electrons. The Balaban J connectivity index is 1.37. The third-order valence-electron chi connectivity index (χ3n) is 3.58. The lowest BCUT2D eigenvalue weighted by atomic mass is 10.4. The van der Waals surface area contributed by atoms with Crippen molar-refractivity contribution in [2.45, 2.75) is 34.4 Å². The van der Waals surface area contributed by atoms with Gasteiger partial charge in [-0.2, -0.15) is 0 Å². The summed E-state index contributed by atoms with van der Waals surface area (Å²) >= 11 is 2.81. The van der Waals surface area contributed by atoms with Crippen LogP contribution < -0.4 is 9.80 Å². The van der Waals surface area contributed by atoms with Crippen LogP contribution in [0.1, 0.15) is 25.7 Å². The fourth-order valence-electron chi connectivity index (χ4n) is 2.46. The Morgan fingerprint density at radius 2 is 1.21 bits per heavy atom. The predicted octanol–water partition coefficient (Wildman–Crippen LogP) is 2.44. The van der Waals surface area contributed by atoms with Crippen LogP contribution in [0.4, 0.5) is 10.3 Å². The van der Waals surface area contributed by atoms with Crippen molar-refractivity contribution in [2.24, 2.45) is 0 Å². The van der Waals surface area contributed by atoms with E-state index in [1.807, 2.05) is 0 Å². The van der Waals surface area contributed by atoms with Crippen molar-refractivity contribution in [1.29, 1.82) is 0 Å². The maximum Gasteiger partial charge on any atom is 0.228 e. The van der Waals surface area contributed by atoms with Gasteiger partial charge in [0.2, 0.25) is 22.1 Å². The normalized spacial score (nSPS) is 18.2. The number of carbonyl (C=O) groups excluding carboxylic acids is 2. The Bertz CT molecular complexity index is 713. The summed E-state index contributed by atoms with van der Waals surface area (Å²) in [6, 6.07) is 0. The van der Waals surface area contributed by atoms with E-state index in [2.05, 4.69) is 20.4 Å². The van der Waals surface area contributed by atoms with Gasteiger partial charge >= 0.3 is 0 Å². The first-order chi connectivity index (χ1) is 11.7. The summed E-state index contributed by atoms with van der Waals surface area (Å²) in [5.74, 6) is 0.221. The molecule has 0 bridgehead atoms. The summed E-state index contributed by atoms with van der Waals surface area (Å²) in [5, 5.41) is 17.7. The second-order valence-corrected chi connectivity index (χ2v) is 9.70. The first-order valence-corrected chi connectivity index (χ1v) is 11.1. The summed E-state index contributed by atoms with van der Waals surface area (Å²) in [5.41, 5.74) is 0. The van der Waals surface area contributed by atoms with Crippen molar-refractivity contribution in [1.82, 2.24) is 20.4 Å². The number of hydrogen-bond donors (Lipinski definition) is 0. The Morgan fingerprint density at radius 3 is 1.58 bits per heavy atom. The molecule has 2 aliphatic rings. The minimum atomic E-state index is 0.111. The molecule has 0 saturated carbocycles. The van der Waals surface area contributed by atoms with Gasteiger partial charge in [-0.05, 0) is 34.4 Å². The Morgan fingerprint density at radius 1 is 0.750 bits per heavy atom. The molecule has 0 atom stereocenters. The molecule has 0 unspecified atom stereocenters. The summed E-state index contributed by atoms with van der Waals surface area (Å²) in [7, 11) is 2.88. The van der Waals surface area contributed by atoms with Gasteiger partial charge < -0.3 is 0 Å². The van der Waals surface area contributed by atoms with Gasteiger partial charge in [0, 0.05) is 25.9 Å². The molecule has 2 aromatic heterocycles. The topological polar surface area (TPSA) is 92.2 Å². The zero-order chi connectivity index (χ0) is 16.5. The molecule has 0 aromatic carbocycles. The van der Waals surface area contributed by atoms with Crippen LogP contribution in [0.15, 0.2) is 8.68 Å². The van der Waals surface area contributed by atoms with Crippen LogP contribution in [-0.4, -0.2) is 45.3 Å². The molecule has 2 aromatic rings. The summed E-state index contributed by atoms with van der Waals surface area (Å²) in [4.78, 5) is 26.8. The highest BCUT2D eigenvalue weighted by Crippen LogP contribution is 2.43. The Hall–Kier alpha value is -1.24. The van der Waals surface area contributed by atoms with Crippen molar-refractivity contribution in [3.63, 3.8) is 0 Å². The van der Waals surface area contributed by atoms with E-state index in [4.69, 9.17) is 0 Å². The number of anilines is 2. The lowest BCUT2D eigenvalue weighted by molar-refractivity contribution is -0.117. The Kier molecular flexibility index (Phi) is 4.70. The molecule has 0 aliphatic carbocycles. The van der Waals surface area contributed by atoms with E-state index in [1.165, 1.54) is 44.3 Å². The summed E-state index contributed by atoms with van der Waals surface area (Å²) < 4.78 is 1.53. The number of amides is 2. The van der Waals surface area contributed by atoms with Gasteiger partial charge in [0.15, 0.2) is 8.68 Å². The number of carbonyl (C=O) groups is 2. The second-order valence-electron chi connectivity index (χ2n) is 5.17. The third kappa shape index (κ3) is 3.27. The first-order valence-electron chi connectivity index (χ1n) is 7.33. The molecule has 2 saturated heterocycles. The van der Waals surface area contributed by atoms with E-state index in [1.54, 1.807) is 9.80 Å². The molecule has 2 aliphatic heterocycles. The number of nitrogens with zero attached hydrogens (tertiary/aromatic N) is 6.